The second-order valence-electron chi connectivity index (χ2n) is 10.5. The maximum atomic E-state index is 14.1. The summed E-state index contributed by atoms with van der Waals surface area (Å²) in [5, 5.41) is 3.48. The highest BCUT2D eigenvalue weighted by molar-refractivity contribution is 7.93. The molecule has 0 aromatic heterocycles. The molecule has 0 fully saturated rings. The van der Waals surface area contributed by atoms with Crippen LogP contribution >= 0.6 is 0 Å². The van der Waals surface area contributed by atoms with Crippen LogP contribution in [0, 0.1) is 0 Å². The normalized spacial score (nSPS) is 15.1. The molecule has 0 radical (unpaired) electrons. The predicted molar refractivity (Wildman–Crippen MR) is 160 cm³/mol. The van der Waals surface area contributed by atoms with Crippen molar-refractivity contribution in [2.24, 2.45) is 0 Å². The van der Waals surface area contributed by atoms with Crippen molar-refractivity contribution in [3.63, 3.8) is 0 Å². The number of rotatable bonds is 5. The molecule has 6 rings (SSSR count). The summed E-state index contributed by atoms with van der Waals surface area (Å²) in [6.45, 7) is 5.56. The first kappa shape index (κ1) is 26.1. The van der Waals surface area contributed by atoms with Crippen LogP contribution in [0.15, 0.2) is 119 Å². The number of anilines is 1. The largest absolute Gasteiger partial charge is 0.379 e. The molecule has 0 aliphatic carbocycles. The van der Waals surface area contributed by atoms with Crippen LogP contribution in [0.3, 0.4) is 0 Å². The van der Waals surface area contributed by atoms with Gasteiger partial charge in [0.25, 0.3) is 10.0 Å². The van der Waals surface area contributed by atoms with Gasteiger partial charge in [-0.1, -0.05) is 66.7 Å². The Morgan fingerprint density at radius 3 is 1.82 bits per heavy atom. The van der Waals surface area contributed by atoms with Crippen LogP contribution in [0.25, 0.3) is 27.1 Å². The first-order valence-electron chi connectivity index (χ1n) is 12.8. The van der Waals surface area contributed by atoms with E-state index in [1.165, 1.54) is 16.4 Å². The van der Waals surface area contributed by atoms with E-state index in [4.69, 9.17) is 4.18 Å². The van der Waals surface area contributed by atoms with Crippen LogP contribution in [0.4, 0.5) is 5.69 Å². The Morgan fingerprint density at radius 2 is 1.20 bits per heavy atom. The van der Waals surface area contributed by atoms with E-state index in [1.807, 2.05) is 75.4 Å². The van der Waals surface area contributed by atoms with E-state index in [9.17, 15) is 16.8 Å². The number of benzene rings is 5. The smallest absolute Gasteiger partial charge is 0.339 e. The third-order valence-electron chi connectivity index (χ3n) is 7.18. The standard InChI is InChI=1S/C32H27NO5S2/c1-22-21-32(2,3)33(39(34,35)28-15-12-23-8-4-6-10-25(23)18-28)31-17-14-27(20-30(22)31)38-40(36,37)29-16-13-24-9-5-7-11-26(24)19-29/h4-21H,1-3H3. The Labute approximate surface area is 234 Å². The van der Waals surface area contributed by atoms with E-state index in [0.29, 0.717) is 11.3 Å². The Bertz CT molecular complexity index is 2060. The van der Waals surface area contributed by atoms with Crippen LogP contribution < -0.4 is 8.49 Å². The second kappa shape index (κ2) is 9.21. The summed E-state index contributed by atoms with van der Waals surface area (Å²) in [7, 11) is -8.11. The highest BCUT2D eigenvalue weighted by atomic mass is 32.2. The van der Waals surface area contributed by atoms with E-state index in [0.717, 1.165) is 27.1 Å². The fraction of sp³-hybridized carbons (Fsp3) is 0.125. The molecule has 0 saturated carbocycles. The van der Waals surface area contributed by atoms with Gasteiger partial charge in [-0.2, -0.15) is 8.42 Å². The van der Waals surface area contributed by atoms with Gasteiger partial charge in [0.15, 0.2) is 0 Å². The Kier molecular flexibility index (Phi) is 6.01. The predicted octanol–water partition coefficient (Wildman–Crippen LogP) is 7.15. The molecule has 0 spiro atoms. The molecule has 0 unspecified atom stereocenters. The highest BCUT2D eigenvalue weighted by Crippen LogP contribution is 2.44. The zero-order valence-corrected chi connectivity index (χ0v) is 23.8. The van der Waals surface area contributed by atoms with Gasteiger partial charge in [-0.3, -0.25) is 4.31 Å². The molecule has 5 aromatic carbocycles. The van der Waals surface area contributed by atoms with E-state index in [2.05, 4.69) is 0 Å². The number of nitrogens with zero attached hydrogens (tertiary/aromatic N) is 1. The summed E-state index contributed by atoms with van der Waals surface area (Å²) >= 11 is 0. The molecule has 0 amide bonds. The summed E-state index contributed by atoms with van der Waals surface area (Å²) in [4.78, 5) is 0.218. The SMILES string of the molecule is CC1=CC(C)(C)N(S(=O)(=O)c2ccc3ccccc3c2)c2ccc(OS(=O)(=O)c3ccc4ccccc4c3)cc21. The van der Waals surface area contributed by atoms with Crippen molar-refractivity contribution in [3.8, 4) is 5.75 Å². The number of fused-ring (bicyclic) bond motifs is 3. The van der Waals surface area contributed by atoms with E-state index < -0.39 is 25.7 Å². The molecule has 5 aromatic rings. The van der Waals surface area contributed by atoms with Crippen molar-refractivity contribution in [1.29, 1.82) is 0 Å². The summed E-state index contributed by atoms with van der Waals surface area (Å²) < 4.78 is 61.5. The first-order chi connectivity index (χ1) is 19.0. The average Bonchev–Trinajstić information content (AvgIpc) is 2.92. The minimum absolute atomic E-state index is 0.0397. The van der Waals surface area contributed by atoms with Gasteiger partial charge in [0.05, 0.1) is 16.1 Å². The molecule has 0 N–H and O–H groups in total. The highest BCUT2D eigenvalue weighted by Gasteiger charge is 2.40. The van der Waals surface area contributed by atoms with Crippen molar-refractivity contribution in [2.75, 3.05) is 4.31 Å². The number of sulfonamides is 1. The Morgan fingerprint density at radius 1 is 0.650 bits per heavy atom. The maximum Gasteiger partial charge on any atom is 0.339 e. The fourth-order valence-electron chi connectivity index (χ4n) is 5.41. The third kappa shape index (κ3) is 4.43. The van der Waals surface area contributed by atoms with E-state index >= 15 is 0 Å². The molecule has 1 aliphatic rings. The number of allylic oxidation sites excluding steroid dienone is 1. The number of hydrogen-bond acceptors (Lipinski definition) is 5. The molecule has 1 heterocycles. The van der Waals surface area contributed by atoms with Crippen LogP contribution in [0.5, 0.6) is 5.75 Å². The summed E-state index contributed by atoms with van der Waals surface area (Å²) in [6.07, 6.45) is 1.87. The fourth-order valence-corrected chi connectivity index (χ4v) is 8.18. The molecule has 6 nitrogen and oxygen atoms in total. The molecule has 202 valence electrons. The van der Waals surface area contributed by atoms with Gasteiger partial charge in [0, 0.05) is 5.56 Å². The van der Waals surface area contributed by atoms with E-state index in [-0.39, 0.29) is 15.5 Å². The molecule has 0 atom stereocenters. The molecule has 8 heteroatoms. The zero-order valence-electron chi connectivity index (χ0n) is 22.2. The van der Waals surface area contributed by atoms with Crippen molar-refractivity contribution in [1.82, 2.24) is 0 Å². The van der Waals surface area contributed by atoms with Crippen LogP contribution in [0.2, 0.25) is 0 Å². The van der Waals surface area contributed by atoms with Crippen LogP contribution in [0.1, 0.15) is 26.3 Å². The third-order valence-corrected chi connectivity index (χ3v) is 10.4. The summed E-state index contributed by atoms with van der Waals surface area (Å²) in [5.41, 5.74) is 0.975. The van der Waals surface area contributed by atoms with Gasteiger partial charge in [-0.15, -0.1) is 0 Å². The van der Waals surface area contributed by atoms with E-state index in [1.54, 1.807) is 42.5 Å². The first-order valence-corrected chi connectivity index (χ1v) is 15.6. The van der Waals surface area contributed by atoms with Gasteiger partial charge < -0.3 is 4.18 Å². The molecule has 0 bridgehead atoms. The second-order valence-corrected chi connectivity index (χ2v) is 13.8. The van der Waals surface area contributed by atoms with Gasteiger partial charge in [0.1, 0.15) is 10.6 Å². The lowest BCUT2D eigenvalue weighted by molar-refractivity contribution is 0.486. The monoisotopic (exact) mass is 569 g/mol. The van der Waals surface area contributed by atoms with Gasteiger partial charge in [-0.05, 0) is 90.4 Å². The summed E-state index contributed by atoms with van der Waals surface area (Å²) in [5.74, 6) is 0.0995. The van der Waals surface area contributed by atoms with Crippen molar-refractivity contribution in [3.05, 3.63) is 115 Å². The van der Waals surface area contributed by atoms with Crippen LogP contribution in [-0.2, 0) is 20.1 Å². The molecule has 0 saturated heterocycles. The minimum Gasteiger partial charge on any atom is -0.379 e. The molecular formula is C32H27NO5S2. The zero-order chi connectivity index (χ0) is 28.3. The average molecular weight is 570 g/mol. The quantitative estimate of drug-likeness (QED) is 0.210. The topological polar surface area (TPSA) is 80.8 Å². The molecular weight excluding hydrogens is 542 g/mol. The van der Waals surface area contributed by atoms with Gasteiger partial charge >= 0.3 is 10.1 Å². The maximum absolute atomic E-state index is 14.1. The van der Waals surface area contributed by atoms with Gasteiger partial charge in [-0.25, -0.2) is 8.42 Å². The number of hydrogen-bond donors (Lipinski definition) is 0. The van der Waals surface area contributed by atoms with Crippen LogP contribution in [-0.4, -0.2) is 22.4 Å². The summed E-state index contributed by atoms with van der Waals surface area (Å²) in [6, 6.07) is 29.7. The van der Waals surface area contributed by atoms with Crippen molar-refractivity contribution in [2.45, 2.75) is 36.1 Å². The Hall–Kier alpha value is -4.14. The lowest BCUT2D eigenvalue weighted by Crippen LogP contribution is -2.48. The van der Waals surface area contributed by atoms with Crippen molar-refractivity contribution >= 4 is 52.9 Å². The van der Waals surface area contributed by atoms with Crippen molar-refractivity contribution < 1.29 is 21.0 Å². The Balaban J connectivity index is 1.40. The lowest BCUT2D eigenvalue weighted by Gasteiger charge is -2.42. The minimum atomic E-state index is -4.13. The van der Waals surface area contributed by atoms with Gasteiger partial charge in [0.2, 0.25) is 0 Å². The lowest BCUT2D eigenvalue weighted by atomic mass is 9.91. The molecule has 40 heavy (non-hydrogen) atoms. The molecule has 1 aliphatic heterocycles.